The Bertz CT molecular complexity index is 418. The average Bonchev–Trinajstić information content (AvgIpc) is 2.56. The summed E-state index contributed by atoms with van der Waals surface area (Å²) in [7, 11) is 1.68. The van der Waals surface area contributed by atoms with Crippen molar-refractivity contribution >= 4 is 0 Å². The number of hydrogen-bond acceptors (Lipinski definition) is 4. The molecule has 0 radical (unpaired) electrons. The number of methoxy groups -OCH3 is 1. The summed E-state index contributed by atoms with van der Waals surface area (Å²) in [6, 6.07) is 7.88. The van der Waals surface area contributed by atoms with E-state index in [2.05, 4.69) is 6.92 Å². The smallest absolute Gasteiger partial charge is 0.124 e. The van der Waals surface area contributed by atoms with Crippen molar-refractivity contribution in [2.45, 2.75) is 50.9 Å². The van der Waals surface area contributed by atoms with E-state index in [-0.39, 0.29) is 18.2 Å². The SMILES string of the molecule is CCC(N)C(OCC1CCCCO1)c1ccccc1OC. The molecule has 1 heterocycles. The molecule has 118 valence electrons. The Balaban J connectivity index is 2.06. The molecule has 2 rings (SSSR count). The minimum atomic E-state index is -0.156. The molecule has 1 saturated heterocycles. The third-order valence-corrected chi connectivity index (χ3v) is 4.04. The minimum Gasteiger partial charge on any atom is -0.496 e. The Morgan fingerprint density at radius 1 is 1.33 bits per heavy atom. The summed E-state index contributed by atoms with van der Waals surface area (Å²) in [4.78, 5) is 0. The van der Waals surface area contributed by atoms with Crippen molar-refractivity contribution in [1.82, 2.24) is 0 Å². The van der Waals surface area contributed by atoms with Crippen LogP contribution in [0.2, 0.25) is 0 Å². The fraction of sp³-hybridized carbons (Fsp3) is 0.647. The number of para-hydroxylation sites is 1. The first-order chi connectivity index (χ1) is 10.3. The molecular formula is C17H27NO3. The maximum atomic E-state index is 6.27. The van der Waals surface area contributed by atoms with E-state index in [1.165, 1.54) is 6.42 Å². The van der Waals surface area contributed by atoms with Crippen molar-refractivity contribution in [1.29, 1.82) is 0 Å². The fourth-order valence-electron chi connectivity index (χ4n) is 2.71. The second-order valence-corrected chi connectivity index (χ2v) is 5.56. The number of rotatable bonds is 7. The van der Waals surface area contributed by atoms with Crippen LogP contribution in [0.4, 0.5) is 0 Å². The molecule has 2 N–H and O–H groups in total. The highest BCUT2D eigenvalue weighted by atomic mass is 16.5. The monoisotopic (exact) mass is 293 g/mol. The van der Waals surface area contributed by atoms with Gasteiger partial charge < -0.3 is 19.9 Å². The Hall–Kier alpha value is -1.10. The van der Waals surface area contributed by atoms with Crippen LogP contribution < -0.4 is 10.5 Å². The largest absolute Gasteiger partial charge is 0.496 e. The van der Waals surface area contributed by atoms with E-state index in [9.17, 15) is 0 Å². The van der Waals surface area contributed by atoms with Crippen LogP contribution in [-0.2, 0) is 9.47 Å². The lowest BCUT2D eigenvalue weighted by atomic mass is 9.99. The van der Waals surface area contributed by atoms with E-state index < -0.39 is 0 Å². The molecule has 0 saturated carbocycles. The van der Waals surface area contributed by atoms with E-state index in [1.54, 1.807) is 7.11 Å². The van der Waals surface area contributed by atoms with Gasteiger partial charge in [-0.3, -0.25) is 0 Å². The molecule has 1 aromatic carbocycles. The third-order valence-electron chi connectivity index (χ3n) is 4.04. The molecule has 1 fully saturated rings. The summed E-state index contributed by atoms with van der Waals surface area (Å²) in [6.07, 6.45) is 4.33. The average molecular weight is 293 g/mol. The van der Waals surface area contributed by atoms with Crippen molar-refractivity contribution in [2.75, 3.05) is 20.3 Å². The molecule has 4 nitrogen and oxygen atoms in total. The molecule has 0 aromatic heterocycles. The zero-order valence-corrected chi connectivity index (χ0v) is 13.1. The van der Waals surface area contributed by atoms with E-state index >= 15 is 0 Å². The van der Waals surface area contributed by atoms with Crippen LogP contribution in [0.5, 0.6) is 5.75 Å². The van der Waals surface area contributed by atoms with Crippen molar-refractivity contribution in [3.8, 4) is 5.75 Å². The van der Waals surface area contributed by atoms with Gasteiger partial charge in [-0.05, 0) is 31.7 Å². The summed E-state index contributed by atoms with van der Waals surface area (Å²) < 4.78 is 17.3. The molecule has 0 aliphatic carbocycles. The first-order valence-corrected chi connectivity index (χ1v) is 7.88. The van der Waals surface area contributed by atoms with E-state index in [4.69, 9.17) is 19.9 Å². The van der Waals surface area contributed by atoms with Crippen LogP contribution in [0.1, 0.15) is 44.3 Å². The number of nitrogens with two attached hydrogens (primary N) is 1. The lowest BCUT2D eigenvalue weighted by Crippen LogP contribution is -2.33. The van der Waals surface area contributed by atoms with Gasteiger partial charge >= 0.3 is 0 Å². The molecule has 4 heteroatoms. The van der Waals surface area contributed by atoms with Crippen LogP contribution in [0.25, 0.3) is 0 Å². The van der Waals surface area contributed by atoms with Gasteiger partial charge in [0.2, 0.25) is 0 Å². The molecule has 1 aliphatic heterocycles. The van der Waals surface area contributed by atoms with Gasteiger partial charge in [-0.15, -0.1) is 0 Å². The molecule has 1 aromatic rings. The Morgan fingerprint density at radius 3 is 2.81 bits per heavy atom. The van der Waals surface area contributed by atoms with Gasteiger partial charge in [0.05, 0.1) is 19.8 Å². The highest BCUT2D eigenvalue weighted by Crippen LogP contribution is 2.31. The van der Waals surface area contributed by atoms with Gasteiger partial charge in [-0.1, -0.05) is 25.1 Å². The summed E-state index contributed by atoms with van der Waals surface area (Å²) in [5.41, 5.74) is 7.29. The quantitative estimate of drug-likeness (QED) is 0.839. The van der Waals surface area contributed by atoms with Crippen LogP contribution in [0.3, 0.4) is 0 Å². The van der Waals surface area contributed by atoms with Crippen molar-refractivity contribution < 1.29 is 14.2 Å². The van der Waals surface area contributed by atoms with Gasteiger partial charge in [0.1, 0.15) is 11.9 Å². The summed E-state index contributed by atoms with van der Waals surface area (Å²) in [6.45, 7) is 3.51. The van der Waals surface area contributed by atoms with Crippen molar-refractivity contribution in [3.63, 3.8) is 0 Å². The number of hydrogen-bond donors (Lipinski definition) is 1. The highest BCUT2D eigenvalue weighted by Gasteiger charge is 2.24. The Morgan fingerprint density at radius 2 is 2.14 bits per heavy atom. The lowest BCUT2D eigenvalue weighted by molar-refractivity contribution is -0.0699. The highest BCUT2D eigenvalue weighted by molar-refractivity contribution is 5.35. The maximum Gasteiger partial charge on any atom is 0.124 e. The zero-order chi connectivity index (χ0) is 15.1. The minimum absolute atomic E-state index is 0.0510. The Labute approximate surface area is 127 Å². The molecule has 0 bridgehead atoms. The second-order valence-electron chi connectivity index (χ2n) is 5.56. The lowest BCUT2D eigenvalue weighted by Gasteiger charge is -2.29. The van der Waals surface area contributed by atoms with Crippen LogP contribution in [0.15, 0.2) is 24.3 Å². The van der Waals surface area contributed by atoms with Gasteiger partial charge in [-0.2, -0.15) is 0 Å². The van der Waals surface area contributed by atoms with E-state index in [0.717, 1.165) is 37.2 Å². The second kappa shape index (κ2) is 8.37. The van der Waals surface area contributed by atoms with Crippen LogP contribution >= 0.6 is 0 Å². The van der Waals surface area contributed by atoms with E-state index in [1.807, 2.05) is 24.3 Å². The fourth-order valence-corrected chi connectivity index (χ4v) is 2.71. The van der Waals surface area contributed by atoms with Crippen molar-refractivity contribution in [3.05, 3.63) is 29.8 Å². The summed E-state index contributed by atoms with van der Waals surface area (Å²) in [5.74, 6) is 0.830. The summed E-state index contributed by atoms with van der Waals surface area (Å²) >= 11 is 0. The van der Waals surface area contributed by atoms with Crippen molar-refractivity contribution in [2.24, 2.45) is 5.73 Å². The van der Waals surface area contributed by atoms with Gasteiger partial charge in [0.15, 0.2) is 0 Å². The molecular weight excluding hydrogens is 266 g/mol. The standard InChI is InChI=1S/C17H27NO3/c1-3-15(18)17(14-9-4-5-10-16(14)19-2)21-12-13-8-6-7-11-20-13/h4-5,9-10,13,15,17H,3,6-8,11-12,18H2,1-2H3. The van der Waals surface area contributed by atoms with Gasteiger partial charge in [-0.25, -0.2) is 0 Å². The molecule has 21 heavy (non-hydrogen) atoms. The number of ether oxygens (including phenoxy) is 3. The first kappa shape index (κ1) is 16.3. The van der Waals surface area contributed by atoms with Gasteiger partial charge in [0, 0.05) is 18.2 Å². The third kappa shape index (κ3) is 4.43. The van der Waals surface area contributed by atoms with Gasteiger partial charge in [0.25, 0.3) is 0 Å². The van der Waals surface area contributed by atoms with Crippen LogP contribution in [-0.4, -0.2) is 32.5 Å². The summed E-state index contributed by atoms with van der Waals surface area (Å²) in [5, 5.41) is 0. The molecule has 3 unspecified atom stereocenters. The molecule has 0 amide bonds. The molecule has 1 aliphatic rings. The molecule has 0 spiro atoms. The topological polar surface area (TPSA) is 53.7 Å². The molecule has 3 atom stereocenters. The predicted octanol–water partition coefficient (Wildman–Crippen LogP) is 3.06. The zero-order valence-electron chi connectivity index (χ0n) is 13.1. The van der Waals surface area contributed by atoms with Crippen LogP contribution in [0, 0.1) is 0 Å². The Kier molecular flexibility index (Phi) is 6.49. The first-order valence-electron chi connectivity index (χ1n) is 7.88. The maximum absolute atomic E-state index is 6.27. The predicted molar refractivity (Wildman–Crippen MR) is 83.5 cm³/mol. The van der Waals surface area contributed by atoms with E-state index in [0.29, 0.717) is 6.61 Å². The normalized spacial score (nSPS) is 21.8. The number of benzene rings is 1.